The van der Waals surface area contributed by atoms with E-state index in [0.717, 1.165) is 19.3 Å². The van der Waals surface area contributed by atoms with Crippen LogP contribution >= 0.6 is 0 Å². The molecule has 3 unspecified atom stereocenters. The van der Waals surface area contributed by atoms with Gasteiger partial charge in [0.15, 0.2) is 0 Å². The summed E-state index contributed by atoms with van der Waals surface area (Å²) in [5.41, 5.74) is 6.32. The molecule has 1 saturated carbocycles. The smallest absolute Gasteiger partial charge is 0.266 e. The van der Waals surface area contributed by atoms with Gasteiger partial charge < -0.3 is 11.1 Å². The lowest BCUT2D eigenvalue weighted by Gasteiger charge is -2.41. The van der Waals surface area contributed by atoms with Crippen molar-refractivity contribution in [3.63, 3.8) is 0 Å². The van der Waals surface area contributed by atoms with E-state index >= 15 is 0 Å². The highest BCUT2D eigenvalue weighted by Gasteiger charge is 2.34. The molecule has 3 atom stereocenters. The Morgan fingerprint density at radius 2 is 2.06 bits per heavy atom. The fourth-order valence-electron chi connectivity index (χ4n) is 3.02. The minimum atomic E-state index is -3.87. The van der Waals surface area contributed by atoms with Gasteiger partial charge in [0, 0.05) is 18.6 Å². The summed E-state index contributed by atoms with van der Waals surface area (Å²) in [7, 11) is -3.87. The molecular formula is C12H26N2O3S. The molecule has 1 rings (SSSR count). The Hall–Kier alpha value is -0.170. The highest BCUT2D eigenvalue weighted by molar-refractivity contribution is 7.85. The SMILES string of the molecule is CC(NCCS(=O)(=O)O)C1CC(N)CC(C)(C)C1. The van der Waals surface area contributed by atoms with Gasteiger partial charge in [-0.1, -0.05) is 13.8 Å². The van der Waals surface area contributed by atoms with Crippen molar-refractivity contribution in [1.29, 1.82) is 0 Å². The molecule has 1 aliphatic carbocycles. The summed E-state index contributed by atoms with van der Waals surface area (Å²) in [6.45, 7) is 6.79. The van der Waals surface area contributed by atoms with Crippen LogP contribution in [-0.4, -0.2) is 37.4 Å². The van der Waals surface area contributed by atoms with Crippen LogP contribution in [0.5, 0.6) is 0 Å². The second-order valence-electron chi connectivity index (χ2n) is 6.36. The van der Waals surface area contributed by atoms with Gasteiger partial charge in [0.2, 0.25) is 0 Å². The fraction of sp³-hybridized carbons (Fsp3) is 1.00. The summed E-state index contributed by atoms with van der Waals surface area (Å²) >= 11 is 0. The molecule has 0 aromatic carbocycles. The van der Waals surface area contributed by atoms with E-state index < -0.39 is 10.1 Å². The molecule has 0 spiro atoms. The molecule has 0 bridgehead atoms. The molecule has 0 radical (unpaired) electrons. The lowest BCUT2D eigenvalue weighted by atomic mass is 9.68. The van der Waals surface area contributed by atoms with Gasteiger partial charge in [0.25, 0.3) is 10.1 Å². The molecule has 0 aromatic heterocycles. The minimum absolute atomic E-state index is 0.220. The third kappa shape index (κ3) is 5.65. The van der Waals surface area contributed by atoms with Crippen molar-refractivity contribution in [1.82, 2.24) is 5.32 Å². The summed E-state index contributed by atoms with van der Waals surface area (Å²) in [6, 6.07) is 0.446. The molecule has 0 heterocycles. The zero-order valence-corrected chi connectivity index (χ0v) is 12.3. The van der Waals surface area contributed by atoms with Gasteiger partial charge in [0.1, 0.15) is 0 Å². The van der Waals surface area contributed by atoms with Crippen LogP contribution in [0.15, 0.2) is 0 Å². The zero-order chi connectivity index (χ0) is 14.0. The van der Waals surface area contributed by atoms with Gasteiger partial charge in [-0.3, -0.25) is 4.55 Å². The molecule has 0 aliphatic heterocycles. The maximum absolute atomic E-state index is 10.6. The highest BCUT2D eigenvalue weighted by Crippen LogP contribution is 2.39. The van der Waals surface area contributed by atoms with E-state index in [4.69, 9.17) is 10.3 Å². The quantitative estimate of drug-likeness (QED) is 0.653. The molecule has 0 saturated heterocycles. The molecular weight excluding hydrogens is 252 g/mol. The molecule has 4 N–H and O–H groups in total. The van der Waals surface area contributed by atoms with Crippen LogP contribution in [-0.2, 0) is 10.1 Å². The maximum Gasteiger partial charge on any atom is 0.266 e. The summed E-state index contributed by atoms with van der Waals surface area (Å²) < 4.78 is 30.0. The molecule has 1 fully saturated rings. The fourth-order valence-corrected chi connectivity index (χ4v) is 3.40. The predicted octanol–water partition coefficient (Wildman–Crippen LogP) is 1.01. The van der Waals surface area contributed by atoms with Crippen LogP contribution in [0.25, 0.3) is 0 Å². The monoisotopic (exact) mass is 278 g/mol. The van der Waals surface area contributed by atoms with Crippen molar-refractivity contribution >= 4 is 10.1 Å². The minimum Gasteiger partial charge on any atom is -0.328 e. The Kier molecular flexibility index (Phi) is 5.17. The third-order valence-corrected chi connectivity index (χ3v) is 4.49. The standard InChI is InChI=1S/C12H26N2O3S/c1-9(14-4-5-18(15,16)17)10-6-11(13)8-12(2,3)7-10/h9-11,14H,4-8,13H2,1-3H3,(H,15,16,17). The third-order valence-electron chi connectivity index (χ3n) is 3.77. The first kappa shape index (κ1) is 15.9. The van der Waals surface area contributed by atoms with Gasteiger partial charge in [-0.05, 0) is 37.5 Å². The van der Waals surface area contributed by atoms with Gasteiger partial charge >= 0.3 is 0 Å². The number of hydrogen-bond acceptors (Lipinski definition) is 4. The number of nitrogens with two attached hydrogens (primary N) is 1. The van der Waals surface area contributed by atoms with Crippen LogP contribution < -0.4 is 11.1 Å². The van der Waals surface area contributed by atoms with E-state index in [9.17, 15) is 8.42 Å². The summed E-state index contributed by atoms with van der Waals surface area (Å²) in [5.74, 6) is 0.226. The highest BCUT2D eigenvalue weighted by atomic mass is 32.2. The van der Waals surface area contributed by atoms with E-state index in [1.165, 1.54) is 0 Å². The van der Waals surface area contributed by atoms with Gasteiger partial charge in [0.05, 0.1) is 5.75 Å². The first-order valence-corrected chi connectivity index (χ1v) is 8.14. The lowest BCUT2D eigenvalue weighted by molar-refractivity contribution is 0.136. The number of nitrogens with one attached hydrogen (secondary N) is 1. The zero-order valence-electron chi connectivity index (χ0n) is 11.5. The molecule has 5 nitrogen and oxygen atoms in total. The molecule has 0 amide bonds. The molecule has 0 aromatic rings. The summed E-state index contributed by atoms with van der Waals surface area (Å²) in [5, 5.41) is 3.17. The van der Waals surface area contributed by atoms with Crippen molar-refractivity contribution in [2.45, 2.75) is 52.1 Å². The van der Waals surface area contributed by atoms with E-state index in [2.05, 4.69) is 26.1 Å². The normalized spacial score (nSPS) is 30.1. The average molecular weight is 278 g/mol. The average Bonchev–Trinajstić information content (AvgIpc) is 2.11. The van der Waals surface area contributed by atoms with Crippen LogP contribution in [0.4, 0.5) is 0 Å². The number of hydrogen-bond donors (Lipinski definition) is 3. The first-order chi connectivity index (χ1) is 8.09. The predicted molar refractivity (Wildman–Crippen MR) is 73.0 cm³/mol. The Labute approximate surface area is 110 Å². The van der Waals surface area contributed by atoms with Crippen LogP contribution in [0.1, 0.15) is 40.0 Å². The molecule has 1 aliphatic rings. The van der Waals surface area contributed by atoms with Crippen LogP contribution in [0.2, 0.25) is 0 Å². The second kappa shape index (κ2) is 5.86. The Morgan fingerprint density at radius 3 is 2.56 bits per heavy atom. The number of rotatable bonds is 5. The van der Waals surface area contributed by atoms with Gasteiger partial charge in [-0.2, -0.15) is 8.42 Å². The van der Waals surface area contributed by atoms with E-state index in [1.54, 1.807) is 0 Å². The molecule has 108 valence electrons. The summed E-state index contributed by atoms with van der Waals surface area (Å²) in [4.78, 5) is 0. The summed E-state index contributed by atoms with van der Waals surface area (Å²) in [6.07, 6.45) is 3.12. The Morgan fingerprint density at radius 1 is 1.44 bits per heavy atom. The van der Waals surface area contributed by atoms with Crippen molar-refractivity contribution < 1.29 is 13.0 Å². The maximum atomic E-state index is 10.6. The van der Waals surface area contributed by atoms with E-state index in [1.807, 2.05) is 0 Å². The van der Waals surface area contributed by atoms with Gasteiger partial charge in [-0.25, -0.2) is 0 Å². The van der Waals surface area contributed by atoms with Crippen LogP contribution in [0, 0.1) is 11.3 Å². The Balaban J connectivity index is 2.44. The van der Waals surface area contributed by atoms with Crippen molar-refractivity contribution in [3.05, 3.63) is 0 Å². The molecule has 6 heteroatoms. The lowest BCUT2D eigenvalue weighted by Crippen LogP contribution is -2.45. The molecule has 18 heavy (non-hydrogen) atoms. The van der Waals surface area contributed by atoms with Crippen molar-refractivity contribution in [2.24, 2.45) is 17.1 Å². The largest absolute Gasteiger partial charge is 0.328 e. The first-order valence-electron chi connectivity index (χ1n) is 6.53. The topological polar surface area (TPSA) is 92.4 Å². The second-order valence-corrected chi connectivity index (χ2v) is 7.93. The van der Waals surface area contributed by atoms with Crippen LogP contribution in [0.3, 0.4) is 0 Å². The van der Waals surface area contributed by atoms with Gasteiger partial charge in [-0.15, -0.1) is 0 Å². The van der Waals surface area contributed by atoms with E-state index in [-0.39, 0.29) is 29.8 Å². The van der Waals surface area contributed by atoms with E-state index in [0.29, 0.717) is 5.92 Å². The van der Waals surface area contributed by atoms with Crippen molar-refractivity contribution in [3.8, 4) is 0 Å². The Bertz CT molecular complexity index is 368. The van der Waals surface area contributed by atoms with Crippen molar-refractivity contribution in [2.75, 3.05) is 12.3 Å².